The number of likely N-dealkylation sites (N-methyl/N-ethyl adjacent to an activating group) is 1. The van der Waals surface area contributed by atoms with Crippen LogP contribution in [0.1, 0.15) is 36.5 Å². The van der Waals surface area contributed by atoms with Gasteiger partial charge in [-0.25, -0.2) is 4.98 Å². The zero-order valence-electron chi connectivity index (χ0n) is 15.4. The fraction of sp³-hybridized carbons (Fsp3) is 0.684. The average Bonchev–Trinajstić information content (AvgIpc) is 2.68. The standard InChI is InChI=1S/C19H30N4O2/c1-3-19(15-24)5-8-23(9-6-19)18(25)16-4-7-20-17(14-16)22-12-10-21(2)11-13-22/h4,7,14,24H,3,5-6,8-13,15H2,1-2H3. The number of rotatable bonds is 4. The van der Waals surface area contributed by atoms with Crippen LogP contribution in [0, 0.1) is 5.41 Å². The Kier molecular flexibility index (Phi) is 5.59. The highest BCUT2D eigenvalue weighted by molar-refractivity contribution is 5.95. The van der Waals surface area contributed by atoms with E-state index in [1.54, 1.807) is 6.20 Å². The van der Waals surface area contributed by atoms with Crippen molar-refractivity contribution in [2.45, 2.75) is 26.2 Å². The van der Waals surface area contributed by atoms with Crippen molar-refractivity contribution in [3.63, 3.8) is 0 Å². The number of hydrogen-bond acceptors (Lipinski definition) is 5. The van der Waals surface area contributed by atoms with Gasteiger partial charge in [-0.2, -0.15) is 0 Å². The molecule has 6 heteroatoms. The molecule has 138 valence electrons. The number of anilines is 1. The molecule has 0 spiro atoms. The first-order valence-electron chi connectivity index (χ1n) is 9.36. The highest BCUT2D eigenvalue weighted by atomic mass is 16.3. The number of amides is 1. The summed E-state index contributed by atoms with van der Waals surface area (Å²) in [4.78, 5) is 23.8. The highest BCUT2D eigenvalue weighted by Crippen LogP contribution is 2.34. The van der Waals surface area contributed by atoms with Crippen molar-refractivity contribution in [3.05, 3.63) is 23.9 Å². The fourth-order valence-electron chi connectivity index (χ4n) is 3.75. The number of piperazine rings is 1. The minimum Gasteiger partial charge on any atom is -0.396 e. The molecule has 25 heavy (non-hydrogen) atoms. The van der Waals surface area contributed by atoms with Gasteiger partial charge in [0, 0.05) is 57.6 Å². The number of hydrogen-bond donors (Lipinski definition) is 1. The van der Waals surface area contributed by atoms with Gasteiger partial charge in [0.05, 0.1) is 0 Å². The summed E-state index contributed by atoms with van der Waals surface area (Å²) in [6.45, 7) is 7.71. The van der Waals surface area contributed by atoms with E-state index in [-0.39, 0.29) is 17.9 Å². The molecule has 1 aromatic rings. The van der Waals surface area contributed by atoms with E-state index < -0.39 is 0 Å². The third kappa shape index (κ3) is 3.96. The normalized spacial score (nSPS) is 21.4. The van der Waals surface area contributed by atoms with Gasteiger partial charge in [0.25, 0.3) is 5.91 Å². The van der Waals surface area contributed by atoms with Gasteiger partial charge in [-0.05, 0) is 43.9 Å². The van der Waals surface area contributed by atoms with Crippen LogP contribution in [-0.2, 0) is 0 Å². The summed E-state index contributed by atoms with van der Waals surface area (Å²) in [6.07, 6.45) is 4.47. The van der Waals surface area contributed by atoms with Gasteiger partial charge in [-0.3, -0.25) is 4.79 Å². The molecule has 2 saturated heterocycles. The van der Waals surface area contributed by atoms with E-state index in [0.717, 1.165) is 69.9 Å². The summed E-state index contributed by atoms with van der Waals surface area (Å²) in [5, 5.41) is 9.66. The zero-order valence-corrected chi connectivity index (χ0v) is 15.4. The summed E-state index contributed by atoms with van der Waals surface area (Å²) >= 11 is 0. The first-order valence-corrected chi connectivity index (χ1v) is 9.36. The predicted molar refractivity (Wildman–Crippen MR) is 98.9 cm³/mol. The van der Waals surface area contributed by atoms with Crippen LogP contribution in [0.25, 0.3) is 0 Å². The summed E-state index contributed by atoms with van der Waals surface area (Å²) < 4.78 is 0. The Bertz CT molecular complexity index is 585. The topological polar surface area (TPSA) is 59.9 Å². The first-order chi connectivity index (χ1) is 12.1. The van der Waals surface area contributed by atoms with Crippen molar-refractivity contribution in [1.82, 2.24) is 14.8 Å². The number of carbonyl (C=O) groups excluding carboxylic acids is 1. The van der Waals surface area contributed by atoms with Crippen LogP contribution in [0.5, 0.6) is 0 Å². The predicted octanol–water partition coefficient (Wildman–Crippen LogP) is 1.46. The molecule has 3 rings (SSSR count). The van der Waals surface area contributed by atoms with E-state index in [2.05, 4.69) is 28.8 Å². The van der Waals surface area contributed by atoms with Crippen molar-refractivity contribution < 1.29 is 9.90 Å². The largest absolute Gasteiger partial charge is 0.396 e. The lowest BCUT2D eigenvalue weighted by atomic mass is 9.77. The number of aromatic nitrogens is 1. The Labute approximate surface area is 150 Å². The Morgan fingerprint density at radius 2 is 1.88 bits per heavy atom. The minimum atomic E-state index is 0.0000113. The second kappa shape index (κ2) is 7.70. The van der Waals surface area contributed by atoms with Crippen molar-refractivity contribution in [2.75, 3.05) is 57.8 Å². The molecule has 0 radical (unpaired) electrons. The van der Waals surface area contributed by atoms with Crippen molar-refractivity contribution in [2.24, 2.45) is 5.41 Å². The maximum atomic E-state index is 12.9. The molecule has 0 aliphatic carbocycles. The zero-order chi connectivity index (χ0) is 17.9. The van der Waals surface area contributed by atoms with E-state index in [0.29, 0.717) is 0 Å². The van der Waals surface area contributed by atoms with Crippen molar-refractivity contribution in [1.29, 1.82) is 0 Å². The summed E-state index contributed by atoms with van der Waals surface area (Å²) in [7, 11) is 2.13. The number of pyridine rings is 1. The minimum absolute atomic E-state index is 0.0000113. The number of nitrogens with zero attached hydrogens (tertiary/aromatic N) is 4. The molecule has 0 unspecified atom stereocenters. The monoisotopic (exact) mass is 346 g/mol. The lowest BCUT2D eigenvalue weighted by Crippen LogP contribution is -2.45. The first kappa shape index (κ1) is 18.1. The quantitative estimate of drug-likeness (QED) is 0.894. The number of likely N-dealkylation sites (tertiary alicyclic amines) is 1. The summed E-state index contributed by atoms with van der Waals surface area (Å²) in [6, 6.07) is 3.75. The molecular weight excluding hydrogens is 316 g/mol. The third-order valence-corrected chi connectivity index (χ3v) is 6.02. The summed E-state index contributed by atoms with van der Waals surface area (Å²) in [5.41, 5.74) is 0.719. The summed E-state index contributed by atoms with van der Waals surface area (Å²) in [5.74, 6) is 0.981. The molecular formula is C19H30N4O2. The average molecular weight is 346 g/mol. The Morgan fingerprint density at radius 3 is 2.48 bits per heavy atom. The number of carbonyl (C=O) groups is 1. The van der Waals surface area contributed by atoms with Gasteiger partial charge in [-0.1, -0.05) is 6.92 Å². The Balaban J connectivity index is 1.66. The van der Waals surface area contributed by atoms with Crippen LogP contribution in [0.15, 0.2) is 18.3 Å². The van der Waals surface area contributed by atoms with Crippen molar-refractivity contribution >= 4 is 11.7 Å². The second-order valence-electron chi connectivity index (χ2n) is 7.50. The van der Waals surface area contributed by atoms with Gasteiger partial charge in [-0.15, -0.1) is 0 Å². The van der Waals surface area contributed by atoms with Gasteiger partial charge in [0.2, 0.25) is 0 Å². The van der Waals surface area contributed by atoms with E-state index >= 15 is 0 Å². The van der Waals surface area contributed by atoms with E-state index in [1.165, 1.54) is 0 Å². The maximum absolute atomic E-state index is 12.9. The fourth-order valence-corrected chi connectivity index (χ4v) is 3.75. The van der Waals surface area contributed by atoms with E-state index in [1.807, 2.05) is 17.0 Å². The number of aliphatic hydroxyl groups excluding tert-OH is 1. The molecule has 0 saturated carbocycles. The highest BCUT2D eigenvalue weighted by Gasteiger charge is 2.34. The molecule has 2 aliphatic heterocycles. The van der Waals surface area contributed by atoms with Crippen LogP contribution in [0.2, 0.25) is 0 Å². The van der Waals surface area contributed by atoms with Crippen LogP contribution < -0.4 is 4.90 Å². The molecule has 1 N–H and O–H groups in total. The molecule has 3 heterocycles. The molecule has 6 nitrogen and oxygen atoms in total. The molecule has 0 aromatic carbocycles. The third-order valence-electron chi connectivity index (χ3n) is 6.02. The molecule has 2 fully saturated rings. The number of piperidine rings is 1. The Hall–Kier alpha value is -1.66. The van der Waals surface area contributed by atoms with E-state index in [4.69, 9.17) is 0 Å². The van der Waals surface area contributed by atoms with Crippen LogP contribution in [0.3, 0.4) is 0 Å². The van der Waals surface area contributed by atoms with Gasteiger partial charge < -0.3 is 19.8 Å². The van der Waals surface area contributed by atoms with Gasteiger partial charge in [0.15, 0.2) is 0 Å². The molecule has 1 aromatic heterocycles. The van der Waals surface area contributed by atoms with Crippen molar-refractivity contribution in [3.8, 4) is 0 Å². The van der Waals surface area contributed by atoms with Crippen LogP contribution in [-0.4, -0.2) is 78.7 Å². The maximum Gasteiger partial charge on any atom is 0.254 e. The van der Waals surface area contributed by atoms with E-state index in [9.17, 15) is 9.90 Å². The smallest absolute Gasteiger partial charge is 0.254 e. The molecule has 0 bridgehead atoms. The van der Waals surface area contributed by atoms with Gasteiger partial charge >= 0.3 is 0 Å². The molecule has 2 aliphatic rings. The van der Waals surface area contributed by atoms with Crippen LogP contribution >= 0.6 is 0 Å². The number of aliphatic hydroxyl groups is 1. The molecule has 0 atom stereocenters. The lowest BCUT2D eigenvalue weighted by molar-refractivity contribution is 0.0338. The van der Waals surface area contributed by atoms with Crippen LogP contribution in [0.4, 0.5) is 5.82 Å². The second-order valence-corrected chi connectivity index (χ2v) is 7.50. The van der Waals surface area contributed by atoms with Gasteiger partial charge in [0.1, 0.15) is 5.82 Å². The Morgan fingerprint density at radius 1 is 1.20 bits per heavy atom. The SMILES string of the molecule is CCC1(CO)CCN(C(=O)c2ccnc(N3CCN(C)CC3)c2)CC1. The lowest BCUT2D eigenvalue weighted by Gasteiger charge is -2.40. The molecule has 1 amide bonds.